The fourth-order valence-corrected chi connectivity index (χ4v) is 2.52. The van der Waals surface area contributed by atoms with Gasteiger partial charge in [-0.1, -0.05) is 13.3 Å². The molecule has 0 aliphatic carbocycles. The lowest BCUT2D eigenvalue weighted by Crippen LogP contribution is -2.32. The van der Waals surface area contributed by atoms with Crippen LogP contribution in [0.1, 0.15) is 19.8 Å². The molecule has 1 saturated heterocycles. The van der Waals surface area contributed by atoms with E-state index >= 15 is 0 Å². The van der Waals surface area contributed by atoms with Crippen LogP contribution in [-0.4, -0.2) is 36.9 Å². The highest BCUT2D eigenvalue weighted by Crippen LogP contribution is 2.15. The number of hydrogen-bond donors (Lipinski definition) is 0. The van der Waals surface area contributed by atoms with Crippen molar-refractivity contribution >= 4 is 8.58 Å². The van der Waals surface area contributed by atoms with Gasteiger partial charge in [0.15, 0.2) is 0 Å². The average Bonchev–Trinajstić information content (AvgIpc) is 2.03. The summed E-state index contributed by atoms with van der Waals surface area (Å²) in [5, 5.41) is 0. The van der Waals surface area contributed by atoms with Crippen molar-refractivity contribution < 1.29 is 0 Å². The van der Waals surface area contributed by atoms with Crippen molar-refractivity contribution in [3.63, 3.8) is 0 Å². The Balaban J connectivity index is 2.02. The minimum Gasteiger partial charge on any atom is -0.303 e. The molecule has 0 spiro atoms. The largest absolute Gasteiger partial charge is 0.303 e. The molecule has 0 aromatic rings. The second-order valence-electron chi connectivity index (χ2n) is 2.95. The van der Waals surface area contributed by atoms with E-state index in [1.807, 2.05) is 0 Å². The van der Waals surface area contributed by atoms with Gasteiger partial charge in [-0.05, 0) is 25.3 Å². The van der Waals surface area contributed by atoms with E-state index in [0.29, 0.717) is 0 Å². The predicted molar refractivity (Wildman–Crippen MR) is 49.4 cm³/mol. The Hall–Kier alpha value is 0.390. The lowest BCUT2D eigenvalue weighted by molar-refractivity contribution is 0.296. The lowest BCUT2D eigenvalue weighted by Gasteiger charge is -2.25. The molecule has 0 aromatic heterocycles. The molecule has 0 unspecified atom stereocenters. The second-order valence-corrected chi connectivity index (χ2v) is 4.45. The molecule has 0 N–H and O–H groups in total. The first-order valence-electron chi connectivity index (χ1n) is 4.36. The van der Waals surface area contributed by atoms with E-state index in [0.717, 1.165) is 0 Å². The van der Waals surface area contributed by atoms with E-state index in [1.165, 1.54) is 53.4 Å². The second kappa shape index (κ2) is 5.09. The Bertz CT molecular complexity index is 79.3. The number of unbranched alkanes of at least 4 members (excludes halogenated alkanes) is 1. The highest BCUT2D eigenvalue weighted by molar-refractivity contribution is 7.38. The van der Waals surface area contributed by atoms with Gasteiger partial charge in [0.1, 0.15) is 0 Å². The minimum atomic E-state index is 1.25. The summed E-state index contributed by atoms with van der Waals surface area (Å²) in [6.07, 6.45) is 5.66. The standard InChI is InChI=1S/C8H18NP/c1-2-3-4-9-5-7-10-8-6-9/h10H,2-8H2,1H3. The van der Waals surface area contributed by atoms with Crippen LogP contribution in [0.25, 0.3) is 0 Å². The van der Waals surface area contributed by atoms with E-state index in [1.54, 1.807) is 0 Å². The quantitative estimate of drug-likeness (QED) is 0.567. The van der Waals surface area contributed by atoms with Crippen LogP contribution in [0, 0.1) is 0 Å². The topological polar surface area (TPSA) is 3.24 Å². The van der Waals surface area contributed by atoms with Crippen molar-refractivity contribution in [3.8, 4) is 0 Å². The Morgan fingerprint density at radius 3 is 2.60 bits per heavy atom. The molecule has 60 valence electrons. The fraction of sp³-hybridized carbons (Fsp3) is 1.00. The van der Waals surface area contributed by atoms with Gasteiger partial charge >= 0.3 is 0 Å². The van der Waals surface area contributed by atoms with Crippen LogP contribution in [-0.2, 0) is 0 Å². The Morgan fingerprint density at radius 1 is 1.30 bits per heavy atom. The SMILES string of the molecule is CCCCN1CCPCC1. The van der Waals surface area contributed by atoms with Crippen molar-refractivity contribution in [1.29, 1.82) is 0 Å². The Morgan fingerprint density at radius 2 is 2.00 bits per heavy atom. The maximum Gasteiger partial charge on any atom is 0.00184 e. The molecule has 1 fully saturated rings. The Labute approximate surface area is 66.0 Å². The summed E-state index contributed by atoms with van der Waals surface area (Å²) >= 11 is 0. The molecule has 1 heterocycles. The third-order valence-electron chi connectivity index (χ3n) is 2.04. The van der Waals surface area contributed by atoms with Gasteiger partial charge in [0, 0.05) is 13.1 Å². The summed E-state index contributed by atoms with van der Waals surface area (Å²) in [4.78, 5) is 2.61. The van der Waals surface area contributed by atoms with Gasteiger partial charge in [0.05, 0.1) is 0 Å². The molecule has 0 aromatic carbocycles. The first kappa shape index (κ1) is 8.49. The maximum absolute atomic E-state index is 2.61. The molecule has 0 atom stereocenters. The molecule has 1 aliphatic rings. The van der Waals surface area contributed by atoms with Gasteiger partial charge in [0.2, 0.25) is 0 Å². The molecule has 1 aliphatic heterocycles. The van der Waals surface area contributed by atoms with E-state index in [2.05, 4.69) is 11.8 Å². The van der Waals surface area contributed by atoms with Crippen LogP contribution in [0.5, 0.6) is 0 Å². The van der Waals surface area contributed by atoms with E-state index in [4.69, 9.17) is 0 Å². The van der Waals surface area contributed by atoms with Crippen LogP contribution in [0.15, 0.2) is 0 Å². The molecule has 0 bridgehead atoms. The first-order chi connectivity index (χ1) is 4.93. The summed E-state index contributed by atoms with van der Waals surface area (Å²) in [6, 6.07) is 0. The van der Waals surface area contributed by atoms with Gasteiger partial charge in [-0.15, -0.1) is 8.58 Å². The lowest BCUT2D eigenvalue weighted by atomic mass is 10.3. The van der Waals surface area contributed by atoms with Gasteiger partial charge in [0.25, 0.3) is 0 Å². The normalized spacial score (nSPS) is 21.3. The van der Waals surface area contributed by atoms with E-state index in [-0.39, 0.29) is 0 Å². The molecule has 1 nitrogen and oxygen atoms in total. The summed E-state index contributed by atoms with van der Waals surface area (Å²) in [5.41, 5.74) is 0. The summed E-state index contributed by atoms with van der Waals surface area (Å²) in [7, 11) is 1.25. The van der Waals surface area contributed by atoms with Crippen molar-refractivity contribution in [2.45, 2.75) is 19.8 Å². The zero-order valence-electron chi connectivity index (χ0n) is 6.90. The van der Waals surface area contributed by atoms with Crippen LogP contribution in [0.4, 0.5) is 0 Å². The summed E-state index contributed by atoms with van der Waals surface area (Å²) in [5.74, 6) is 0. The van der Waals surface area contributed by atoms with Gasteiger partial charge < -0.3 is 4.90 Å². The summed E-state index contributed by atoms with van der Waals surface area (Å²) < 4.78 is 0. The molecule has 0 amide bonds. The predicted octanol–water partition coefficient (Wildman–Crippen LogP) is 1.78. The number of hydrogen-bond acceptors (Lipinski definition) is 1. The number of rotatable bonds is 3. The van der Waals surface area contributed by atoms with Gasteiger partial charge in [-0.2, -0.15) is 0 Å². The number of nitrogens with zero attached hydrogens (tertiary/aromatic N) is 1. The van der Waals surface area contributed by atoms with Crippen LogP contribution >= 0.6 is 8.58 Å². The summed E-state index contributed by atoms with van der Waals surface area (Å²) in [6.45, 7) is 6.36. The zero-order chi connectivity index (χ0) is 7.23. The molecule has 2 heteroatoms. The molecule has 0 saturated carbocycles. The Kier molecular flexibility index (Phi) is 4.32. The maximum atomic E-state index is 2.61. The van der Waals surface area contributed by atoms with Crippen molar-refractivity contribution in [3.05, 3.63) is 0 Å². The molecule has 1 rings (SSSR count). The van der Waals surface area contributed by atoms with Crippen LogP contribution < -0.4 is 0 Å². The third kappa shape index (κ3) is 2.98. The van der Waals surface area contributed by atoms with Gasteiger partial charge in [-0.3, -0.25) is 0 Å². The fourth-order valence-electron chi connectivity index (χ4n) is 1.32. The highest BCUT2D eigenvalue weighted by Gasteiger charge is 2.07. The smallest absolute Gasteiger partial charge is 0.00184 e. The molecule has 10 heavy (non-hydrogen) atoms. The average molecular weight is 159 g/mol. The zero-order valence-corrected chi connectivity index (χ0v) is 7.90. The van der Waals surface area contributed by atoms with Crippen LogP contribution in [0.2, 0.25) is 0 Å². The van der Waals surface area contributed by atoms with Crippen molar-refractivity contribution in [2.24, 2.45) is 0 Å². The van der Waals surface area contributed by atoms with Crippen LogP contribution in [0.3, 0.4) is 0 Å². The molecular formula is C8H18NP. The van der Waals surface area contributed by atoms with Crippen molar-refractivity contribution in [1.82, 2.24) is 4.90 Å². The first-order valence-corrected chi connectivity index (χ1v) is 5.78. The van der Waals surface area contributed by atoms with E-state index in [9.17, 15) is 0 Å². The molecular weight excluding hydrogens is 141 g/mol. The monoisotopic (exact) mass is 159 g/mol. The highest BCUT2D eigenvalue weighted by atomic mass is 31.1. The molecule has 0 radical (unpaired) electrons. The van der Waals surface area contributed by atoms with Crippen molar-refractivity contribution in [2.75, 3.05) is 32.0 Å². The third-order valence-corrected chi connectivity index (χ3v) is 3.19. The van der Waals surface area contributed by atoms with Gasteiger partial charge in [-0.25, -0.2) is 0 Å². The van der Waals surface area contributed by atoms with E-state index < -0.39 is 0 Å². The minimum absolute atomic E-state index is 1.25.